The number of aliphatic hydroxyl groups excluding tert-OH is 1. The van der Waals surface area contributed by atoms with Crippen molar-refractivity contribution >= 4 is 11.6 Å². The molecule has 2 saturated carbocycles. The van der Waals surface area contributed by atoms with Crippen LogP contribution >= 0.6 is 0 Å². The number of anilines is 1. The summed E-state index contributed by atoms with van der Waals surface area (Å²) in [6, 6.07) is 19.9. The fraction of sp³-hybridized carbons (Fsp3) is 0.480. The molecule has 0 aromatic heterocycles. The Bertz CT molecular complexity index is 765. The van der Waals surface area contributed by atoms with Crippen LogP contribution in [0.5, 0.6) is 0 Å². The number of aliphatic hydroxyl groups is 1. The molecular weight excluding hydrogens is 362 g/mol. The second-order valence-corrected chi connectivity index (χ2v) is 8.63. The topological polar surface area (TPSA) is 49.8 Å². The van der Waals surface area contributed by atoms with E-state index in [9.17, 15) is 9.90 Å². The summed E-state index contributed by atoms with van der Waals surface area (Å²) in [5, 5.41) is 9.78. The first-order chi connectivity index (χ1) is 14.2. The Morgan fingerprint density at radius 3 is 2.21 bits per heavy atom. The smallest absolute Gasteiger partial charge is 0.253 e. The second kappa shape index (κ2) is 9.55. The van der Waals surface area contributed by atoms with Crippen LogP contribution in [0.1, 0.15) is 37.7 Å². The van der Waals surface area contributed by atoms with Crippen LogP contribution in [0.25, 0.3) is 0 Å². The number of carbonyl (C=O) groups excluding carboxylic acids is 1. The Balaban J connectivity index is 1.27. The van der Waals surface area contributed by atoms with Gasteiger partial charge in [-0.15, -0.1) is 0 Å². The first-order valence-electron chi connectivity index (χ1n) is 10.8. The highest BCUT2D eigenvalue weighted by Crippen LogP contribution is 2.47. The molecule has 0 aliphatic heterocycles. The number of ether oxygens (including phenoxy) is 1. The third kappa shape index (κ3) is 5.26. The maximum atomic E-state index is 12.9. The predicted molar refractivity (Wildman–Crippen MR) is 114 cm³/mol. The number of rotatable bonds is 8. The molecule has 1 amide bonds. The molecule has 0 saturated heterocycles. The Morgan fingerprint density at radius 2 is 1.55 bits per heavy atom. The van der Waals surface area contributed by atoms with Gasteiger partial charge in [-0.3, -0.25) is 4.79 Å². The van der Waals surface area contributed by atoms with Gasteiger partial charge in [-0.2, -0.15) is 0 Å². The average molecular weight is 394 g/mol. The highest BCUT2D eigenvalue weighted by atomic mass is 16.5. The molecule has 1 N–H and O–H groups in total. The van der Waals surface area contributed by atoms with Crippen molar-refractivity contribution in [1.29, 1.82) is 0 Å². The molecule has 2 aliphatic carbocycles. The van der Waals surface area contributed by atoms with Gasteiger partial charge < -0.3 is 14.7 Å². The maximum absolute atomic E-state index is 12.9. The third-order valence-electron chi connectivity index (χ3n) is 6.54. The number of hydrogen-bond acceptors (Lipinski definition) is 3. The first-order valence-corrected chi connectivity index (χ1v) is 10.8. The van der Waals surface area contributed by atoms with E-state index >= 15 is 0 Å². The van der Waals surface area contributed by atoms with Crippen LogP contribution in [0.2, 0.25) is 0 Å². The van der Waals surface area contributed by atoms with E-state index < -0.39 is 0 Å². The fourth-order valence-corrected chi connectivity index (χ4v) is 5.13. The molecule has 4 heteroatoms. The highest BCUT2D eigenvalue weighted by molar-refractivity contribution is 5.94. The first kappa shape index (κ1) is 20.1. The molecule has 2 unspecified atom stereocenters. The molecule has 2 aromatic rings. The Hall–Kier alpha value is -2.17. The summed E-state index contributed by atoms with van der Waals surface area (Å²) in [7, 11) is 0. The van der Waals surface area contributed by atoms with Gasteiger partial charge in [-0.05, 0) is 67.6 Å². The second-order valence-electron chi connectivity index (χ2n) is 8.63. The molecule has 2 aliphatic rings. The molecule has 0 heterocycles. The van der Waals surface area contributed by atoms with Crippen LogP contribution in [-0.4, -0.2) is 30.3 Å². The molecule has 0 bridgehead atoms. The Morgan fingerprint density at radius 1 is 0.931 bits per heavy atom. The molecule has 29 heavy (non-hydrogen) atoms. The standard InChI is InChI=1S/C25H31NO3/c27-24-15-21-13-20(14-22(21)16-24)11-12-29-18-25(28)26(23-9-5-2-6-10-23)17-19-7-3-1-4-8-19/h1-10,20-22,24,27H,11-18H2/t20?,21-,22+,24?. The van der Waals surface area contributed by atoms with Crippen molar-refractivity contribution in [2.45, 2.75) is 44.8 Å². The van der Waals surface area contributed by atoms with E-state index in [2.05, 4.69) is 0 Å². The SMILES string of the molecule is O=C(COCCC1C[C@H]2CC(O)C[C@H]2C1)N(Cc1ccccc1)c1ccccc1. The van der Waals surface area contributed by atoms with Gasteiger partial charge in [0.25, 0.3) is 5.91 Å². The van der Waals surface area contributed by atoms with Crippen LogP contribution in [0, 0.1) is 17.8 Å². The minimum Gasteiger partial charge on any atom is -0.393 e. The number of para-hydroxylation sites is 1. The van der Waals surface area contributed by atoms with Gasteiger partial charge in [-0.25, -0.2) is 0 Å². The Labute approximate surface area is 173 Å². The van der Waals surface area contributed by atoms with Crippen LogP contribution in [0.3, 0.4) is 0 Å². The number of fused-ring (bicyclic) bond motifs is 1. The molecule has 2 aromatic carbocycles. The normalized spacial score (nSPS) is 25.7. The van der Waals surface area contributed by atoms with Gasteiger partial charge in [-0.1, -0.05) is 48.5 Å². The summed E-state index contributed by atoms with van der Waals surface area (Å²) in [5.74, 6) is 2.08. The van der Waals surface area contributed by atoms with Crippen LogP contribution < -0.4 is 4.90 Å². The van der Waals surface area contributed by atoms with Crippen LogP contribution in [0.15, 0.2) is 60.7 Å². The van der Waals surface area contributed by atoms with Crippen LogP contribution in [-0.2, 0) is 16.1 Å². The summed E-state index contributed by atoms with van der Waals surface area (Å²) >= 11 is 0. The fourth-order valence-electron chi connectivity index (χ4n) is 5.13. The molecule has 4 rings (SSSR count). The van der Waals surface area contributed by atoms with Crippen molar-refractivity contribution in [1.82, 2.24) is 0 Å². The lowest BCUT2D eigenvalue weighted by atomic mass is 10.00. The van der Waals surface area contributed by atoms with Crippen molar-refractivity contribution in [3.8, 4) is 0 Å². The largest absolute Gasteiger partial charge is 0.393 e. The summed E-state index contributed by atoms with van der Waals surface area (Å²) < 4.78 is 5.80. The lowest BCUT2D eigenvalue weighted by molar-refractivity contribution is -0.123. The number of carbonyl (C=O) groups is 1. The van der Waals surface area contributed by atoms with E-state index in [1.165, 1.54) is 12.8 Å². The van der Waals surface area contributed by atoms with Gasteiger partial charge >= 0.3 is 0 Å². The van der Waals surface area contributed by atoms with Crippen molar-refractivity contribution in [2.24, 2.45) is 17.8 Å². The quantitative estimate of drug-likeness (QED) is 0.675. The van der Waals surface area contributed by atoms with E-state index in [1.54, 1.807) is 4.90 Å². The molecule has 0 spiro atoms. The molecule has 2 fully saturated rings. The van der Waals surface area contributed by atoms with Gasteiger partial charge in [0.05, 0.1) is 12.6 Å². The summed E-state index contributed by atoms with van der Waals surface area (Å²) in [6.07, 6.45) is 5.32. The van der Waals surface area contributed by atoms with Crippen molar-refractivity contribution in [3.05, 3.63) is 66.2 Å². The summed E-state index contributed by atoms with van der Waals surface area (Å²) in [5.41, 5.74) is 2.00. The van der Waals surface area contributed by atoms with Gasteiger partial charge in [0.15, 0.2) is 0 Å². The zero-order valence-electron chi connectivity index (χ0n) is 17.0. The van der Waals surface area contributed by atoms with Crippen molar-refractivity contribution < 1.29 is 14.6 Å². The lowest BCUT2D eigenvalue weighted by Gasteiger charge is -2.23. The average Bonchev–Trinajstić information content (AvgIpc) is 3.27. The van der Waals surface area contributed by atoms with Gasteiger partial charge in [0.1, 0.15) is 6.61 Å². The lowest BCUT2D eigenvalue weighted by Crippen LogP contribution is -2.33. The monoisotopic (exact) mass is 393 g/mol. The molecular formula is C25H31NO3. The van der Waals surface area contributed by atoms with E-state index in [4.69, 9.17) is 4.74 Å². The zero-order chi connectivity index (χ0) is 20.1. The van der Waals surface area contributed by atoms with E-state index in [1.807, 2.05) is 60.7 Å². The summed E-state index contributed by atoms with van der Waals surface area (Å²) in [4.78, 5) is 14.7. The van der Waals surface area contributed by atoms with E-state index in [0.717, 1.165) is 30.5 Å². The van der Waals surface area contributed by atoms with Gasteiger partial charge in [0, 0.05) is 12.3 Å². The molecule has 4 nitrogen and oxygen atoms in total. The zero-order valence-corrected chi connectivity index (χ0v) is 17.0. The molecule has 4 atom stereocenters. The molecule has 154 valence electrons. The Kier molecular flexibility index (Phi) is 6.63. The third-order valence-corrected chi connectivity index (χ3v) is 6.54. The van der Waals surface area contributed by atoms with Crippen molar-refractivity contribution in [2.75, 3.05) is 18.1 Å². The molecule has 0 radical (unpaired) electrons. The highest BCUT2D eigenvalue weighted by Gasteiger charge is 2.40. The minimum atomic E-state index is -0.0756. The predicted octanol–water partition coefficient (Wildman–Crippen LogP) is 4.42. The number of amides is 1. The van der Waals surface area contributed by atoms with Crippen molar-refractivity contribution in [3.63, 3.8) is 0 Å². The number of benzene rings is 2. The minimum absolute atomic E-state index is 0.00790. The number of nitrogens with zero attached hydrogens (tertiary/aromatic N) is 1. The van der Waals surface area contributed by atoms with E-state index in [-0.39, 0.29) is 18.6 Å². The maximum Gasteiger partial charge on any atom is 0.253 e. The van der Waals surface area contributed by atoms with Crippen LogP contribution in [0.4, 0.5) is 5.69 Å². The van der Waals surface area contributed by atoms with E-state index in [0.29, 0.717) is 30.9 Å². The number of hydrogen-bond donors (Lipinski definition) is 1. The van der Waals surface area contributed by atoms with Gasteiger partial charge in [0.2, 0.25) is 0 Å². The summed E-state index contributed by atoms with van der Waals surface area (Å²) in [6.45, 7) is 1.29.